The van der Waals surface area contributed by atoms with Crippen LogP contribution in [-0.4, -0.2) is 43.4 Å². The van der Waals surface area contributed by atoms with Crippen molar-refractivity contribution >= 4 is 25.2 Å². The van der Waals surface area contributed by atoms with E-state index in [0.29, 0.717) is 25.7 Å². The molecule has 1 saturated carbocycles. The van der Waals surface area contributed by atoms with Crippen molar-refractivity contribution in [3.63, 3.8) is 0 Å². The highest BCUT2D eigenvalue weighted by molar-refractivity contribution is 7.46. The monoisotopic (exact) mass is 544 g/mol. The molecule has 0 saturated heterocycles. The fourth-order valence-corrected chi connectivity index (χ4v) is 5.68. The smallest absolute Gasteiger partial charge is 0.382 e. The predicted molar refractivity (Wildman–Crippen MR) is 126 cm³/mol. The van der Waals surface area contributed by atoms with Gasteiger partial charge in [0.15, 0.2) is 11.5 Å². The molecule has 0 aliphatic heterocycles. The molecular formula is C23H28F3N4O6P. The Morgan fingerprint density at radius 1 is 1.22 bits per heavy atom. The molecule has 2 aliphatic rings. The molecule has 10 nitrogen and oxygen atoms in total. The van der Waals surface area contributed by atoms with E-state index in [9.17, 15) is 27.3 Å². The Labute approximate surface area is 210 Å². The van der Waals surface area contributed by atoms with E-state index < -0.39 is 48.5 Å². The van der Waals surface area contributed by atoms with Gasteiger partial charge in [-0.25, -0.2) is 9.25 Å². The number of carbonyl (C=O) groups is 2. The maximum Gasteiger partial charge on any atom is 0.469 e. The quantitative estimate of drug-likeness (QED) is 0.398. The summed E-state index contributed by atoms with van der Waals surface area (Å²) in [5.74, 6) is -1.37. The van der Waals surface area contributed by atoms with Gasteiger partial charge in [-0.1, -0.05) is 13.8 Å². The van der Waals surface area contributed by atoms with Crippen LogP contribution >= 0.6 is 7.82 Å². The number of alkyl halides is 3. The Hall–Kier alpha value is -2.73. The van der Waals surface area contributed by atoms with Gasteiger partial charge in [0.05, 0.1) is 28.6 Å². The Kier molecular flexibility index (Phi) is 7.04. The van der Waals surface area contributed by atoms with E-state index in [1.807, 2.05) is 0 Å². The number of nitrogens with one attached hydrogen (secondary N) is 1. The number of phosphoric acid groups is 1. The van der Waals surface area contributed by atoms with E-state index in [-0.39, 0.29) is 41.5 Å². The number of primary amides is 1. The van der Waals surface area contributed by atoms with Crippen LogP contribution in [-0.2, 0) is 21.7 Å². The number of nitrogens with zero attached hydrogens (tertiary/aromatic N) is 2. The summed E-state index contributed by atoms with van der Waals surface area (Å²) in [5, 5.41) is 6.98. The molecule has 1 heterocycles. The van der Waals surface area contributed by atoms with E-state index in [1.165, 1.54) is 18.2 Å². The number of fused-ring (bicyclic) bond motifs is 1. The van der Waals surface area contributed by atoms with Crippen molar-refractivity contribution < 1.29 is 41.6 Å². The highest BCUT2D eigenvalue weighted by Gasteiger charge is 2.45. The van der Waals surface area contributed by atoms with Gasteiger partial charge in [-0.05, 0) is 55.7 Å². The SMILES string of the molecule is CC1(C)CC(=O)c2c(C(F)(F)F)nn(-c3ccc(C(N)=O)c(NC4CCC(OP(=O)(O)O)CC4)c3)c2C1. The Balaban J connectivity index is 1.69. The molecule has 1 aromatic carbocycles. The zero-order valence-electron chi connectivity index (χ0n) is 20.2. The lowest BCUT2D eigenvalue weighted by atomic mass is 9.75. The molecule has 0 radical (unpaired) electrons. The zero-order valence-corrected chi connectivity index (χ0v) is 21.1. The van der Waals surface area contributed by atoms with Crippen molar-refractivity contribution in [1.29, 1.82) is 0 Å². The summed E-state index contributed by atoms with van der Waals surface area (Å²) in [4.78, 5) is 42.8. The number of Topliss-reactive ketones (excluding diaryl/α,β-unsaturated/α-hetero) is 1. The van der Waals surface area contributed by atoms with Crippen LogP contribution in [0.15, 0.2) is 18.2 Å². The van der Waals surface area contributed by atoms with E-state index in [2.05, 4.69) is 10.4 Å². The largest absolute Gasteiger partial charge is 0.469 e. The van der Waals surface area contributed by atoms with Crippen molar-refractivity contribution in [2.45, 2.75) is 70.7 Å². The van der Waals surface area contributed by atoms with Crippen molar-refractivity contribution in [3.8, 4) is 5.69 Å². The number of hydrogen-bond donors (Lipinski definition) is 4. The number of nitrogens with two attached hydrogens (primary N) is 1. The molecule has 0 unspecified atom stereocenters. The van der Waals surface area contributed by atoms with Gasteiger partial charge in [0.25, 0.3) is 5.91 Å². The number of hydrogen-bond acceptors (Lipinski definition) is 6. The first kappa shape index (κ1) is 27.3. The van der Waals surface area contributed by atoms with Crippen LogP contribution in [0.25, 0.3) is 5.69 Å². The summed E-state index contributed by atoms with van der Waals surface area (Å²) >= 11 is 0. The third-order valence-electron chi connectivity index (χ3n) is 6.65. The minimum absolute atomic E-state index is 0.0312. The molecule has 5 N–H and O–H groups in total. The van der Waals surface area contributed by atoms with Crippen LogP contribution in [0.3, 0.4) is 0 Å². The number of benzene rings is 1. The fourth-order valence-electron chi connectivity index (χ4n) is 5.08. The number of carbonyl (C=O) groups excluding carboxylic acids is 2. The molecular weight excluding hydrogens is 516 g/mol. The summed E-state index contributed by atoms with van der Waals surface area (Å²) < 4.78 is 58.4. The van der Waals surface area contributed by atoms with Crippen LogP contribution in [0.5, 0.6) is 0 Å². The molecule has 14 heteroatoms. The summed E-state index contributed by atoms with van der Waals surface area (Å²) in [5.41, 5.74) is 4.08. The van der Waals surface area contributed by atoms with E-state index in [1.54, 1.807) is 13.8 Å². The normalized spacial score (nSPS) is 22.0. The second-order valence-corrected chi connectivity index (χ2v) is 11.5. The summed E-state index contributed by atoms with van der Waals surface area (Å²) in [6, 6.07) is 4.08. The van der Waals surface area contributed by atoms with Gasteiger partial charge in [0, 0.05) is 18.2 Å². The van der Waals surface area contributed by atoms with Gasteiger partial charge in [0.2, 0.25) is 0 Å². The standard InChI is InChI=1S/C23H28F3N4O6P/c1-22(2)10-17-19(18(31)11-22)20(23(24,25)26)29-30(17)13-5-8-15(21(27)32)16(9-13)28-12-3-6-14(7-4-12)36-37(33,34)35/h5,8-9,12,14,28H,3-4,6-7,10-11H2,1-2H3,(H2,27,32)(H2,33,34,35). The van der Waals surface area contributed by atoms with Crippen LogP contribution in [0.2, 0.25) is 0 Å². The number of ketones is 1. The molecule has 202 valence electrons. The van der Waals surface area contributed by atoms with Crippen LogP contribution in [0.1, 0.15) is 78.1 Å². The van der Waals surface area contributed by atoms with Gasteiger partial charge in [-0.3, -0.25) is 14.1 Å². The van der Waals surface area contributed by atoms with Crippen LogP contribution in [0.4, 0.5) is 18.9 Å². The number of amides is 1. The topological polar surface area (TPSA) is 157 Å². The minimum Gasteiger partial charge on any atom is -0.382 e. The lowest BCUT2D eigenvalue weighted by Gasteiger charge is -2.30. The van der Waals surface area contributed by atoms with Crippen molar-refractivity contribution in [1.82, 2.24) is 9.78 Å². The first-order valence-corrected chi connectivity index (χ1v) is 13.2. The van der Waals surface area contributed by atoms with Crippen molar-refractivity contribution in [3.05, 3.63) is 40.7 Å². The summed E-state index contributed by atoms with van der Waals surface area (Å²) in [6.07, 6.45) is -3.64. The summed E-state index contributed by atoms with van der Waals surface area (Å²) in [6.45, 7) is 3.60. The van der Waals surface area contributed by atoms with Gasteiger partial charge in [-0.15, -0.1) is 0 Å². The third kappa shape index (κ3) is 6.06. The average molecular weight is 544 g/mol. The van der Waals surface area contributed by atoms with E-state index >= 15 is 0 Å². The Morgan fingerprint density at radius 2 is 1.86 bits per heavy atom. The lowest BCUT2D eigenvalue weighted by Crippen LogP contribution is -2.30. The molecule has 37 heavy (non-hydrogen) atoms. The molecule has 2 aromatic rings. The molecule has 1 aromatic heterocycles. The second kappa shape index (κ2) is 9.54. The molecule has 0 bridgehead atoms. The molecule has 4 rings (SSSR count). The number of phosphoric ester groups is 1. The molecule has 1 amide bonds. The van der Waals surface area contributed by atoms with Crippen LogP contribution in [0, 0.1) is 5.41 Å². The predicted octanol–water partition coefficient (Wildman–Crippen LogP) is 3.98. The van der Waals surface area contributed by atoms with Gasteiger partial charge >= 0.3 is 14.0 Å². The Bertz CT molecular complexity index is 1280. The maximum atomic E-state index is 13.8. The van der Waals surface area contributed by atoms with Gasteiger partial charge < -0.3 is 20.8 Å². The van der Waals surface area contributed by atoms with Gasteiger partial charge in [-0.2, -0.15) is 18.3 Å². The van der Waals surface area contributed by atoms with E-state index in [4.69, 9.17) is 20.0 Å². The van der Waals surface area contributed by atoms with E-state index in [0.717, 1.165) is 4.68 Å². The number of aromatic nitrogens is 2. The van der Waals surface area contributed by atoms with Crippen LogP contribution < -0.4 is 11.1 Å². The second-order valence-electron chi connectivity index (χ2n) is 10.3. The number of anilines is 1. The average Bonchev–Trinajstić information content (AvgIpc) is 3.13. The number of halogens is 3. The number of rotatable bonds is 6. The van der Waals surface area contributed by atoms with Crippen molar-refractivity contribution in [2.75, 3.05) is 5.32 Å². The first-order valence-electron chi connectivity index (χ1n) is 11.7. The van der Waals surface area contributed by atoms with Crippen molar-refractivity contribution in [2.24, 2.45) is 11.1 Å². The van der Waals surface area contributed by atoms with Gasteiger partial charge in [0.1, 0.15) is 0 Å². The summed E-state index contributed by atoms with van der Waals surface area (Å²) in [7, 11) is -4.61. The fraction of sp³-hybridized carbons (Fsp3) is 0.522. The highest BCUT2D eigenvalue weighted by atomic mass is 31.2. The molecule has 1 fully saturated rings. The first-order chi connectivity index (χ1) is 17.0. The minimum atomic E-state index is -4.82. The lowest BCUT2D eigenvalue weighted by molar-refractivity contribution is -0.141. The maximum absolute atomic E-state index is 13.8. The highest BCUT2D eigenvalue weighted by Crippen LogP contribution is 2.43. The molecule has 0 spiro atoms. The third-order valence-corrected chi connectivity index (χ3v) is 7.22. The molecule has 2 aliphatic carbocycles. The zero-order chi connectivity index (χ0) is 27.3. The Morgan fingerprint density at radius 3 is 2.43 bits per heavy atom. The molecule has 0 atom stereocenters.